The Labute approximate surface area is 203 Å². The molecule has 0 spiro atoms. The second-order valence-corrected chi connectivity index (χ2v) is 8.65. The van der Waals surface area contributed by atoms with Crippen LogP contribution in [0.15, 0.2) is 61.1 Å². The van der Waals surface area contributed by atoms with Crippen LogP contribution in [-0.4, -0.2) is 72.1 Å². The van der Waals surface area contributed by atoms with Crippen molar-refractivity contribution in [2.24, 2.45) is 0 Å². The van der Waals surface area contributed by atoms with Gasteiger partial charge >= 0.3 is 0 Å². The molecule has 9 heteroatoms. The number of imidazole rings is 1. The van der Waals surface area contributed by atoms with Crippen molar-refractivity contribution in [3.63, 3.8) is 0 Å². The number of anilines is 4. The molecule has 4 heterocycles. The number of aromatic nitrogens is 3. The van der Waals surface area contributed by atoms with Crippen LogP contribution in [0.2, 0.25) is 0 Å². The molecule has 180 valence electrons. The van der Waals surface area contributed by atoms with Gasteiger partial charge in [-0.25, -0.2) is 9.97 Å². The summed E-state index contributed by atoms with van der Waals surface area (Å²) >= 11 is 0. The van der Waals surface area contributed by atoms with E-state index in [0.29, 0.717) is 19.0 Å². The Hall–Kier alpha value is -3.82. The number of β-amino-alcohol motifs (C(OH)–C–C–N with tert-alkyl or cyclic N) is 1. The van der Waals surface area contributed by atoms with E-state index in [0.717, 1.165) is 66.9 Å². The summed E-state index contributed by atoms with van der Waals surface area (Å²) in [7, 11) is 0. The summed E-state index contributed by atoms with van der Waals surface area (Å²) in [6, 6.07) is 14.5. The number of hydrogen-bond acceptors (Lipinski definition) is 8. The normalized spacial score (nSPS) is 15.7. The number of morpholine rings is 1. The first-order valence-corrected chi connectivity index (χ1v) is 11.9. The number of rotatable bonds is 6. The maximum absolute atomic E-state index is 9.47. The minimum atomic E-state index is 0.0985. The molecule has 1 saturated heterocycles. The predicted octanol–water partition coefficient (Wildman–Crippen LogP) is 3.17. The molecule has 2 aromatic carbocycles. The zero-order valence-electron chi connectivity index (χ0n) is 19.4. The smallest absolute Gasteiger partial charge is 0.180 e. The van der Waals surface area contributed by atoms with E-state index in [9.17, 15) is 5.11 Å². The standard InChI is InChI=1S/C26H28N6O3/c33-13-9-31-12-16-35-24-6-1-19(17-23(24)31)22-18-32-8-7-27-26(32)25(29-22)28-20-2-4-21(5-3-20)30-10-14-34-15-11-30/h1-8,17-18,33H,9-16H2,(H,28,29). The Balaban J connectivity index is 1.31. The van der Waals surface area contributed by atoms with Crippen LogP contribution in [0.5, 0.6) is 5.75 Å². The lowest BCUT2D eigenvalue weighted by Crippen LogP contribution is -2.36. The summed E-state index contributed by atoms with van der Waals surface area (Å²) in [5.74, 6) is 1.52. The topological polar surface area (TPSA) is 87.4 Å². The monoisotopic (exact) mass is 472 g/mol. The van der Waals surface area contributed by atoms with E-state index in [2.05, 4.69) is 50.4 Å². The van der Waals surface area contributed by atoms with Gasteiger partial charge in [0.25, 0.3) is 0 Å². The van der Waals surface area contributed by atoms with Gasteiger partial charge in [0.05, 0.1) is 37.7 Å². The Morgan fingerprint density at radius 2 is 1.86 bits per heavy atom. The zero-order valence-corrected chi connectivity index (χ0v) is 19.4. The Morgan fingerprint density at radius 1 is 1.00 bits per heavy atom. The molecule has 4 aromatic rings. The molecule has 9 nitrogen and oxygen atoms in total. The minimum absolute atomic E-state index is 0.0985. The Morgan fingerprint density at radius 3 is 2.69 bits per heavy atom. The molecule has 2 aromatic heterocycles. The molecule has 35 heavy (non-hydrogen) atoms. The summed E-state index contributed by atoms with van der Waals surface area (Å²) < 4.78 is 13.3. The summed E-state index contributed by atoms with van der Waals surface area (Å²) in [5, 5.41) is 12.9. The highest BCUT2D eigenvalue weighted by molar-refractivity contribution is 5.76. The number of benzene rings is 2. The average molecular weight is 473 g/mol. The largest absolute Gasteiger partial charge is 0.490 e. The van der Waals surface area contributed by atoms with Crippen molar-refractivity contribution in [2.75, 3.05) is 67.7 Å². The van der Waals surface area contributed by atoms with Crippen molar-refractivity contribution in [3.05, 3.63) is 61.1 Å². The molecular formula is C26H28N6O3. The average Bonchev–Trinajstić information content (AvgIpc) is 3.39. The van der Waals surface area contributed by atoms with Gasteiger partial charge in [0.15, 0.2) is 11.5 Å². The fourth-order valence-corrected chi connectivity index (χ4v) is 4.65. The van der Waals surface area contributed by atoms with Crippen LogP contribution in [0, 0.1) is 0 Å². The quantitative estimate of drug-likeness (QED) is 0.443. The molecule has 6 rings (SSSR count). The van der Waals surface area contributed by atoms with Gasteiger partial charge in [-0.05, 0) is 42.5 Å². The highest BCUT2D eigenvalue weighted by Gasteiger charge is 2.19. The van der Waals surface area contributed by atoms with Crippen LogP contribution in [0.4, 0.5) is 22.9 Å². The molecule has 0 saturated carbocycles. The van der Waals surface area contributed by atoms with E-state index in [4.69, 9.17) is 14.5 Å². The first-order chi connectivity index (χ1) is 17.3. The maximum Gasteiger partial charge on any atom is 0.180 e. The van der Waals surface area contributed by atoms with Crippen molar-refractivity contribution >= 4 is 28.5 Å². The molecule has 1 fully saturated rings. The minimum Gasteiger partial charge on any atom is -0.490 e. The number of nitrogens with zero attached hydrogens (tertiary/aromatic N) is 5. The van der Waals surface area contributed by atoms with Crippen LogP contribution in [0.25, 0.3) is 16.9 Å². The maximum atomic E-state index is 9.47. The number of aliphatic hydroxyl groups excluding tert-OH is 1. The second-order valence-electron chi connectivity index (χ2n) is 8.65. The Bertz CT molecular complexity index is 1320. The predicted molar refractivity (Wildman–Crippen MR) is 136 cm³/mol. The van der Waals surface area contributed by atoms with Gasteiger partial charge in [0.1, 0.15) is 12.4 Å². The molecule has 0 atom stereocenters. The first kappa shape index (κ1) is 21.7. The van der Waals surface area contributed by atoms with Crippen molar-refractivity contribution < 1.29 is 14.6 Å². The van der Waals surface area contributed by atoms with E-state index >= 15 is 0 Å². The molecule has 0 bridgehead atoms. The van der Waals surface area contributed by atoms with E-state index < -0.39 is 0 Å². The fourth-order valence-electron chi connectivity index (χ4n) is 4.65. The fraction of sp³-hybridized carbons (Fsp3) is 0.308. The van der Waals surface area contributed by atoms with Crippen LogP contribution in [-0.2, 0) is 4.74 Å². The van der Waals surface area contributed by atoms with Crippen molar-refractivity contribution in [1.29, 1.82) is 0 Å². The van der Waals surface area contributed by atoms with Crippen molar-refractivity contribution in [2.45, 2.75) is 0 Å². The van der Waals surface area contributed by atoms with Crippen molar-refractivity contribution in [3.8, 4) is 17.0 Å². The molecular weight excluding hydrogens is 444 g/mol. The number of fused-ring (bicyclic) bond motifs is 2. The van der Waals surface area contributed by atoms with Gasteiger partial charge in [-0.2, -0.15) is 0 Å². The van der Waals surface area contributed by atoms with Gasteiger partial charge in [0.2, 0.25) is 0 Å². The highest BCUT2D eigenvalue weighted by atomic mass is 16.5. The van der Waals surface area contributed by atoms with Gasteiger partial charge < -0.3 is 34.1 Å². The second kappa shape index (κ2) is 9.44. The molecule has 0 aliphatic carbocycles. The highest BCUT2D eigenvalue weighted by Crippen LogP contribution is 2.36. The third-order valence-electron chi connectivity index (χ3n) is 6.46. The van der Waals surface area contributed by atoms with Gasteiger partial charge in [-0.15, -0.1) is 0 Å². The number of ether oxygens (including phenoxy) is 2. The van der Waals surface area contributed by atoms with E-state index in [1.54, 1.807) is 6.20 Å². The molecule has 2 N–H and O–H groups in total. The number of aliphatic hydroxyl groups is 1. The van der Waals surface area contributed by atoms with Crippen molar-refractivity contribution in [1.82, 2.24) is 14.4 Å². The molecule has 0 radical (unpaired) electrons. The summed E-state index contributed by atoms with van der Waals surface area (Å²) in [5.41, 5.74) is 5.66. The summed E-state index contributed by atoms with van der Waals surface area (Å²) in [4.78, 5) is 13.9. The number of nitrogens with one attached hydrogen (secondary N) is 1. The third-order valence-corrected chi connectivity index (χ3v) is 6.46. The first-order valence-electron chi connectivity index (χ1n) is 11.9. The number of hydrogen-bond donors (Lipinski definition) is 2. The third kappa shape index (κ3) is 4.36. The Kier molecular flexibility index (Phi) is 5.85. The van der Waals surface area contributed by atoms with E-state index in [-0.39, 0.29) is 6.61 Å². The summed E-state index contributed by atoms with van der Waals surface area (Å²) in [6.07, 6.45) is 5.68. The lowest BCUT2D eigenvalue weighted by atomic mass is 10.1. The SMILES string of the molecule is OCCN1CCOc2ccc(-c3cn4ccnc4c(Nc4ccc(N5CCOCC5)cc4)n3)cc21. The van der Waals surface area contributed by atoms with Crippen LogP contribution in [0.3, 0.4) is 0 Å². The van der Waals surface area contributed by atoms with Crippen LogP contribution >= 0.6 is 0 Å². The van der Waals surface area contributed by atoms with Gasteiger partial charge in [-0.1, -0.05) is 0 Å². The van der Waals surface area contributed by atoms with E-state index in [1.807, 2.05) is 28.9 Å². The summed E-state index contributed by atoms with van der Waals surface area (Å²) in [6.45, 7) is 5.38. The lowest BCUT2D eigenvalue weighted by Gasteiger charge is -2.31. The van der Waals surface area contributed by atoms with E-state index in [1.165, 1.54) is 5.69 Å². The molecule has 2 aliphatic rings. The molecule has 2 aliphatic heterocycles. The molecule has 0 amide bonds. The van der Waals surface area contributed by atoms with Gasteiger partial charge in [0, 0.05) is 55.2 Å². The van der Waals surface area contributed by atoms with Gasteiger partial charge in [-0.3, -0.25) is 0 Å². The van der Waals surface area contributed by atoms with Crippen LogP contribution < -0.4 is 19.9 Å². The zero-order chi connectivity index (χ0) is 23.6. The molecule has 0 unspecified atom stereocenters. The van der Waals surface area contributed by atoms with Crippen LogP contribution in [0.1, 0.15) is 0 Å². The lowest BCUT2D eigenvalue weighted by molar-refractivity contribution is 0.122.